The summed E-state index contributed by atoms with van der Waals surface area (Å²) in [5.74, 6) is 2.15. The molecule has 0 aliphatic carbocycles. The molecule has 2 aromatic carbocycles. The molecule has 1 aromatic heterocycles. The summed E-state index contributed by atoms with van der Waals surface area (Å²) in [7, 11) is 0.0852. The zero-order valence-corrected chi connectivity index (χ0v) is 18.7. The van der Waals surface area contributed by atoms with Gasteiger partial charge in [0, 0.05) is 36.9 Å². The van der Waals surface area contributed by atoms with Gasteiger partial charge in [-0.25, -0.2) is 12.7 Å². The van der Waals surface area contributed by atoms with Gasteiger partial charge in [-0.05, 0) is 59.7 Å². The van der Waals surface area contributed by atoms with E-state index in [0.29, 0.717) is 37.4 Å². The van der Waals surface area contributed by atoms with Crippen molar-refractivity contribution < 1.29 is 22.6 Å². The highest BCUT2D eigenvalue weighted by Crippen LogP contribution is 2.36. The molecule has 1 saturated heterocycles. The molecule has 3 aromatic rings. The standard InChI is InChI=1S/C23H26N2O5S/c1-28-20-11-18(12-21(14-20)29-2)17-10-16-4-7-24-15-22(16)23(13-17)30-19-5-8-25(9-6-19)31(3,26)27/h4,7,10-15,19H,5-6,8-9H2,1-3H3. The maximum absolute atomic E-state index is 11.8. The first kappa shape index (κ1) is 21.4. The van der Waals surface area contributed by atoms with Gasteiger partial charge < -0.3 is 14.2 Å². The number of sulfonamides is 1. The molecule has 0 atom stereocenters. The summed E-state index contributed by atoms with van der Waals surface area (Å²) in [6.07, 6.45) is 6.03. The lowest BCUT2D eigenvalue weighted by molar-refractivity contribution is 0.137. The number of fused-ring (bicyclic) bond motifs is 1. The maximum Gasteiger partial charge on any atom is 0.211 e. The molecule has 1 aliphatic rings. The van der Waals surface area contributed by atoms with Crippen molar-refractivity contribution in [3.05, 3.63) is 48.8 Å². The second-order valence-electron chi connectivity index (χ2n) is 7.65. The molecule has 1 aliphatic heterocycles. The van der Waals surface area contributed by atoms with Crippen LogP contribution in [0.5, 0.6) is 17.2 Å². The molecule has 0 saturated carbocycles. The number of rotatable bonds is 6. The van der Waals surface area contributed by atoms with Crippen LogP contribution >= 0.6 is 0 Å². The predicted molar refractivity (Wildman–Crippen MR) is 120 cm³/mol. The SMILES string of the molecule is COc1cc(OC)cc(-c2cc(OC3CCN(S(C)(=O)=O)CC3)c3cnccc3c2)c1. The molecule has 4 rings (SSSR count). The minimum absolute atomic E-state index is 0.0588. The number of aromatic nitrogens is 1. The van der Waals surface area contributed by atoms with Crippen LogP contribution in [-0.4, -0.2) is 57.4 Å². The molecule has 0 unspecified atom stereocenters. The first-order valence-corrected chi connectivity index (χ1v) is 11.9. The second kappa shape index (κ2) is 8.72. The highest BCUT2D eigenvalue weighted by atomic mass is 32.2. The third-order valence-corrected chi connectivity index (χ3v) is 6.87. The van der Waals surface area contributed by atoms with Crippen LogP contribution in [0.1, 0.15) is 12.8 Å². The van der Waals surface area contributed by atoms with Crippen LogP contribution in [-0.2, 0) is 10.0 Å². The lowest BCUT2D eigenvalue weighted by Crippen LogP contribution is -2.41. The van der Waals surface area contributed by atoms with Gasteiger partial charge in [-0.3, -0.25) is 4.98 Å². The Hall–Kier alpha value is -2.84. The Morgan fingerprint density at radius 3 is 2.23 bits per heavy atom. The van der Waals surface area contributed by atoms with E-state index in [1.165, 1.54) is 10.6 Å². The molecule has 0 spiro atoms. The highest BCUT2D eigenvalue weighted by Gasteiger charge is 2.26. The van der Waals surface area contributed by atoms with E-state index in [9.17, 15) is 8.42 Å². The molecule has 0 N–H and O–H groups in total. The van der Waals surface area contributed by atoms with Crippen molar-refractivity contribution in [2.75, 3.05) is 33.6 Å². The van der Waals surface area contributed by atoms with Crippen molar-refractivity contribution >= 4 is 20.8 Å². The Labute approximate surface area is 182 Å². The average Bonchev–Trinajstić information content (AvgIpc) is 2.78. The zero-order valence-electron chi connectivity index (χ0n) is 17.9. The van der Waals surface area contributed by atoms with Crippen LogP contribution in [0.15, 0.2) is 48.8 Å². The molecule has 164 valence electrons. The highest BCUT2D eigenvalue weighted by molar-refractivity contribution is 7.88. The number of benzene rings is 2. The molecule has 0 bridgehead atoms. The fourth-order valence-electron chi connectivity index (χ4n) is 3.86. The van der Waals surface area contributed by atoms with Crippen molar-refractivity contribution in [3.8, 4) is 28.4 Å². The lowest BCUT2D eigenvalue weighted by Gasteiger charge is -2.30. The number of nitrogens with zero attached hydrogens (tertiary/aromatic N) is 2. The third kappa shape index (κ3) is 4.75. The molecule has 0 amide bonds. The summed E-state index contributed by atoms with van der Waals surface area (Å²) < 4.78 is 42.3. The van der Waals surface area contributed by atoms with Gasteiger partial charge in [-0.1, -0.05) is 0 Å². The molecule has 0 radical (unpaired) electrons. The first-order chi connectivity index (χ1) is 14.9. The van der Waals surface area contributed by atoms with Crippen LogP contribution in [0.2, 0.25) is 0 Å². The normalized spacial score (nSPS) is 15.7. The van der Waals surface area contributed by atoms with Crippen LogP contribution in [0.25, 0.3) is 21.9 Å². The van der Waals surface area contributed by atoms with Crippen molar-refractivity contribution in [2.45, 2.75) is 18.9 Å². The van der Waals surface area contributed by atoms with E-state index in [1.807, 2.05) is 30.3 Å². The van der Waals surface area contributed by atoms with E-state index in [4.69, 9.17) is 14.2 Å². The number of ether oxygens (including phenoxy) is 3. The number of pyridine rings is 1. The summed E-state index contributed by atoms with van der Waals surface area (Å²) in [5, 5.41) is 1.93. The smallest absolute Gasteiger partial charge is 0.211 e. The Bertz CT molecular complexity index is 1170. The minimum atomic E-state index is -3.17. The van der Waals surface area contributed by atoms with E-state index in [-0.39, 0.29) is 6.10 Å². The molecule has 1 fully saturated rings. The van der Waals surface area contributed by atoms with Crippen LogP contribution < -0.4 is 14.2 Å². The molecule has 8 heteroatoms. The molecule has 7 nitrogen and oxygen atoms in total. The van der Waals surface area contributed by atoms with Gasteiger partial charge >= 0.3 is 0 Å². The summed E-state index contributed by atoms with van der Waals surface area (Å²) in [6.45, 7) is 0.929. The Kier molecular flexibility index (Phi) is 6.02. The number of piperidine rings is 1. The van der Waals surface area contributed by atoms with Crippen LogP contribution in [0.4, 0.5) is 0 Å². The van der Waals surface area contributed by atoms with Crippen molar-refractivity contribution in [1.82, 2.24) is 9.29 Å². The van der Waals surface area contributed by atoms with Crippen molar-refractivity contribution in [1.29, 1.82) is 0 Å². The Balaban J connectivity index is 1.68. The van der Waals surface area contributed by atoms with Gasteiger partial charge in [-0.2, -0.15) is 0 Å². The van der Waals surface area contributed by atoms with Crippen LogP contribution in [0.3, 0.4) is 0 Å². The minimum Gasteiger partial charge on any atom is -0.497 e. The maximum atomic E-state index is 11.8. The number of hydrogen-bond acceptors (Lipinski definition) is 6. The summed E-state index contributed by atoms with van der Waals surface area (Å²) in [4.78, 5) is 4.26. The fourth-order valence-corrected chi connectivity index (χ4v) is 4.74. The van der Waals surface area contributed by atoms with Gasteiger partial charge in [0.25, 0.3) is 0 Å². The Morgan fingerprint density at radius 2 is 1.61 bits per heavy atom. The largest absolute Gasteiger partial charge is 0.497 e. The van der Waals surface area contributed by atoms with Crippen molar-refractivity contribution in [2.24, 2.45) is 0 Å². The molecular formula is C23H26N2O5S. The van der Waals surface area contributed by atoms with E-state index < -0.39 is 10.0 Å². The molecular weight excluding hydrogens is 416 g/mol. The summed E-state index contributed by atoms with van der Waals surface area (Å²) in [6, 6.07) is 11.8. The van der Waals surface area contributed by atoms with Gasteiger partial charge in [0.15, 0.2) is 0 Å². The third-order valence-electron chi connectivity index (χ3n) is 5.57. The number of hydrogen-bond donors (Lipinski definition) is 0. The predicted octanol–water partition coefficient (Wildman–Crippen LogP) is 3.72. The van der Waals surface area contributed by atoms with E-state index in [1.54, 1.807) is 26.6 Å². The van der Waals surface area contributed by atoms with E-state index in [0.717, 1.165) is 27.6 Å². The van der Waals surface area contributed by atoms with Gasteiger partial charge in [0.05, 0.1) is 20.5 Å². The summed E-state index contributed by atoms with van der Waals surface area (Å²) in [5.41, 5.74) is 1.92. The van der Waals surface area contributed by atoms with Gasteiger partial charge in [0.2, 0.25) is 10.0 Å². The number of methoxy groups -OCH3 is 2. The zero-order chi connectivity index (χ0) is 22.0. The Morgan fingerprint density at radius 1 is 0.968 bits per heavy atom. The van der Waals surface area contributed by atoms with Gasteiger partial charge in [0.1, 0.15) is 23.4 Å². The fraction of sp³-hybridized carbons (Fsp3) is 0.348. The average molecular weight is 443 g/mol. The second-order valence-corrected chi connectivity index (χ2v) is 9.63. The van der Waals surface area contributed by atoms with Gasteiger partial charge in [-0.15, -0.1) is 0 Å². The topological polar surface area (TPSA) is 78.0 Å². The lowest BCUT2D eigenvalue weighted by atomic mass is 10.0. The quantitative estimate of drug-likeness (QED) is 0.579. The molecule has 2 heterocycles. The van der Waals surface area contributed by atoms with Crippen LogP contribution in [0, 0.1) is 0 Å². The molecule has 31 heavy (non-hydrogen) atoms. The first-order valence-electron chi connectivity index (χ1n) is 10.1. The monoisotopic (exact) mass is 442 g/mol. The van der Waals surface area contributed by atoms with E-state index in [2.05, 4.69) is 11.1 Å². The summed E-state index contributed by atoms with van der Waals surface area (Å²) >= 11 is 0. The van der Waals surface area contributed by atoms with Crippen molar-refractivity contribution in [3.63, 3.8) is 0 Å². The van der Waals surface area contributed by atoms with E-state index >= 15 is 0 Å².